The topological polar surface area (TPSA) is 131 Å². The molecule has 1 rings (SSSR count). The van der Waals surface area contributed by atoms with Crippen molar-refractivity contribution in [2.45, 2.75) is 70.0 Å². The number of hydrogen-bond acceptors (Lipinski definition) is 5. The number of likely N-dealkylation sites (tertiary alicyclic amines) is 1. The summed E-state index contributed by atoms with van der Waals surface area (Å²) in [5.74, 6) is -1.40. The Morgan fingerprint density at radius 2 is 1.93 bits per heavy atom. The van der Waals surface area contributed by atoms with Crippen molar-refractivity contribution >= 4 is 35.4 Å². The van der Waals surface area contributed by atoms with Gasteiger partial charge in [-0.1, -0.05) is 0 Å². The number of carbonyl (C=O) groups excluding carboxylic acids is 4. The van der Waals surface area contributed by atoms with Crippen LogP contribution in [-0.4, -0.2) is 64.9 Å². The van der Waals surface area contributed by atoms with Crippen LogP contribution < -0.4 is 16.4 Å². The maximum absolute atomic E-state index is 12.9. The molecule has 10 heteroatoms. The number of rotatable bonds is 7. The van der Waals surface area contributed by atoms with E-state index in [4.69, 9.17) is 22.1 Å². The maximum atomic E-state index is 12.9. The van der Waals surface area contributed by atoms with Gasteiger partial charge in [-0.05, 0) is 47.0 Å². The minimum absolute atomic E-state index is 0.120. The highest BCUT2D eigenvalue weighted by molar-refractivity contribution is 6.30. The van der Waals surface area contributed by atoms with E-state index in [0.717, 1.165) is 0 Å². The summed E-state index contributed by atoms with van der Waals surface area (Å²) < 4.78 is 5.20. The van der Waals surface area contributed by atoms with Gasteiger partial charge in [-0.3, -0.25) is 14.4 Å². The van der Waals surface area contributed by atoms with Crippen LogP contribution >= 0.6 is 11.6 Å². The van der Waals surface area contributed by atoms with Gasteiger partial charge in [0.05, 0.1) is 0 Å². The SMILES string of the molecule is CC(Cl)C(=O)NCCC(NC(=O)OC(C)(C)C)C(=O)N1CCCC1C(N)=O. The number of primary amides is 1. The lowest BCUT2D eigenvalue weighted by molar-refractivity contribution is -0.139. The molecule has 0 aromatic rings. The normalized spacial score (nSPS) is 19.1. The Bertz CT molecular complexity index is 576. The molecule has 0 spiro atoms. The Morgan fingerprint density at radius 3 is 2.44 bits per heavy atom. The number of alkyl halides is 1. The molecule has 3 atom stereocenters. The zero-order chi connectivity index (χ0) is 20.8. The van der Waals surface area contributed by atoms with Crippen LogP contribution in [0.15, 0.2) is 0 Å². The Kier molecular flexibility index (Phi) is 8.33. The molecule has 4 amide bonds. The summed E-state index contributed by atoms with van der Waals surface area (Å²) in [7, 11) is 0. The van der Waals surface area contributed by atoms with Gasteiger partial charge in [0.25, 0.3) is 0 Å². The number of amides is 4. The fourth-order valence-electron chi connectivity index (χ4n) is 2.71. The number of nitrogens with zero attached hydrogens (tertiary/aromatic N) is 1. The summed E-state index contributed by atoms with van der Waals surface area (Å²) in [6.45, 7) is 7.14. The Morgan fingerprint density at radius 1 is 1.30 bits per heavy atom. The van der Waals surface area contributed by atoms with E-state index in [0.29, 0.717) is 19.4 Å². The number of halogens is 1. The standard InChI is InChI=1S/C17H29ClN4O5/c1-10(18)14(24)20-8-7-11(21-16(26)27-17(2,3)4)15(25)22-9-5-6-12(22)13(19)23/h10-12H,5-9H2,1-4H3,(H2,19,23)(H,20,24)(H,21,26). The molecule has 0 radical (unpaired) electrons. The molecule has 0 bridgehead atoms. The van der Waals surface area contributed by atoms with Crippen molar-refractivity contribution in [3.63, 3.8) is 0 Å². The maximum Gasteiger partial charge on any atom is 0.408 e. The molecule has 1 heterocycles. The van der Waals surface area contributed by atoms with E-state index in [1.54, 1.807) is 20.8 Å². The third-order valence-corrected chi connectivity index (χ3v) is 4.15. The molecule has 9 nitrogen and oxygen atoms in total. The largest absolute Gasteiger partial charge is 0.444 e. The van der Waals surface area contributed by atoms with Crippen LogP contribution in [-0.2, 0) is 19.1 Å². The molecule has 0 saturated carbocycles. The second kappa shape index (κ2) is 9.77. The Hall–Kier alpha value is -2.03. The van der Waals surface area contributed by atoms with Crippen molar-refractivity contribution in [2.75, 3.05) is 13.1 Å². The fraction of sp³-hybridized carbons (Fsp3) is 0.765. The number of nitrogens with one attached hydrogen (secondary N) is 2. The highest BCUT2D eigenvalue weighted by atomic mass is 35.5. The monoisotopic (exact) mass is 404 g/mol. The second-order valence-electron chi connectivity index (χ2n) is 7.49. The van der Waals surface area contributed by atoms with E-state index in [2.05, 4.69) is 10.6 Å². The smallest absolute Gasteiger partial charge is 0.408 e. The average molecular weight is 405 g/mol. The van der Waals surface area contributed by atoms with Gasteiger partial charge in [0.2, 0.25) is 17.7 Å². The van der Waals surface area contributed by atoms with Gasteiger partial charge in [0, 0.05) is 13.1 Å². The Labute approximate surface area is 164 Å². The molecule has 0 aromatic carbocycles. The van der Waals surface area contributed by atoms with Crippen molar-refractivity contribution in [1.29, 1.82) is 0 Å². The summed E-state index contributed by atoms with van der Waals surface area (Å²) in [6, 6.07) is -1.66. The number of ether oxygens (including phenoxy) is 1. The third-order valence-electron chi connectivity index (χ3n) is 3.95. The first-order chi connectivity index (χ1) is 12.4. The molecular weight excluding hydrogens is 376 g/mol. The summed E-state index contributed by atoms with van der Waals surface area (Å²) in [5.41, 5.74) is 4.63. The van der Waals surface area contributed by atoms with Crippen LogP contribution in [0.5, 0.6) is 0 Å². The van der Waals surface area contributed by atoms with Gasteiger partial charge in [-0.15, -0.1) is 11.6 Å². The highest BCUT2D eigenvalue weighted by Gasteiger charge is 2.37. The van der Waals surface area contributed by atoms with Crippen molar-refractivity contribution in [2.24, 2.45) is 5.73 Å². The van der Waals surface area contributed by atoms with Crippen LogP contribution in [0.25, 0.3) is 0 Å². The molecular formula is C17H29ClN4O5. The van der Waals surface area contributed by atoms with E-state index >= 15 is 0 Å². The molecule has 1 fully saturated rings. The average Bonchev–Trinajstić information content (AvgIpc) is 3.00. The van der Waals surface area contributed by atoms with E-state index in [-0.39, 0.29) is 18.9 Å². The third kappa shape index (κ3) is 7.62. The Balaban J connectivity index is 2.82. The van der Waals surface area contributed by atoms with E-state index in [1.165, 1.54) is 11.8 Å². The van der Waals surface area contributed by atoms with Crippen molar-refractivity contribution in [3.05, 3.63) is 0 Å². The van der Waals surface area contributed by atoms with E-state index < -0.39 is 41.0 Å². The summed E-state index contributed by atoms with van der Waals surface area (Å²) >= 11 is 5.69. The molecule has 3 unspecified atom stereocenters. The van der Waals surface area contributed by atoms with Gasteiger partial charge in [0.15, 0.2) is 0 Å². The first-order valence-corrected chi connectivity index (χ1v) is 9.37. The first-order valence-electron chi connectivity index (χ1n) is 8.93. The molecule has 1 aliphatic heterocycles. The van der Waals surface area contributed by atoms with Gasteiger partial charge in [-0.25, -0.2) is 4.79 Å². The van der Waals surface area contributed by atoms with Crippen molar-refractivity contribution < 1.29 is 23.9 Å². The zero-order valence-electron chi connectivity index (χ0n) is 16.2. The van der Waals surface area contributed by atoms with Crippen LogP contribution in [0.4, 0.5) is 4.79 Å². The molecule has 0 aliphatic carbocycles. The van der Waals surface area contributed by atoms with E-state index in [9.17, 15) is 19.2 Å². The van der Waals surface area contributed by atoms with Gasteiger partial charge in [-0.2, -0.15) is 0 Å². The van der Waals surface area contributed by atoms with Crippen LogP contribution in [0.1, 0.15) is 47.0 Å². The first kappa shape index (κ1) is 23.0. The highest BCUT2D eigenvalue weighted by Crippen LogP contribution is 2.19. The molecule has 27 heavy (non-hydrogen) atoms. The number of alkyl carbamates (subject to hydrolysis) is 1. The minimum atomic E-state index is -0.967. The molecule has 154 valence electrons. The molecule has 4 N–H and O–H groups in total. The number of carbonyl (C=O) groups is 4. The summed E-state index contributed by atoms with van der Waals surface area (Å²) in [5, 5.41) is 4.40. The second-order valence-corrected chi connectivity index (χ2v) is 8.14. The van der Waals surface area contributed by atoms with Crippen LogP contribution in [0.2, 0.25) is 0 Å². The van der Waals surface area contributed by atoms with Gasteiger partial charge < -0.3 is 26.0 Å². The molecule has 0 aromatic heterocycles. The fourth-order valence-corrected chi connectivity index (χ4v) is 2.79. The lowest BCUT2D eigenvalue weighted by Crippen LogP contribution is -2.54. The quantitative estimate of drug-likeness (QED) is 0.531. The molecule has 1 aliphatic rings. The van der Waals surface area contributed by atoms with E-state index in [1.807, 2.05) is 0 Å². The van der Waals surface area contributed by atoms with Gasteiger partial charge >= 0.3 is 6.09 Å². The zero-order valence-corrected chi connectivity index (χ0v) is 17.0. The number of hydrogen-bond donors (Lipinski definition) is 3. The summed E-state index contributed by atoms with van der Waals surface area (Å²) in [4.78, 5) is 49.5. The predicted molar refractivity (Wildman–Crippen MR) is 100 cm³/mol. The van der Waals surface area contributed by atoms with Crippen LogP contribution in [0, 0.1) is 0 Å². The molecule has 1 saturated heterocycles. The predicted octanol–water partition coefficient (Wildman–Crippen LogP) is 0.490. The van der Waals surface area contributed by atoms with Crippen molar-refractivity contribution in [1.82, 2.24) is 15.5 Å². The van der Waals surface area contributed by atoms with Crippen LogP contribution in [0.3, 0.4) is 0 Å². The lowest BCUT2D eigenvalue weighted by Gasteiger charge is -2.29. The lowest BCUT2D eigenvalue weighted by atomic mass is 10.1. The van der Waals surface area contributed by atoms with Crippen molar-refractivity contribution in [3.8, 4) is 0 Å². The summed E-state index contributed by atoms with van der Waals surface area (Å²) in [6.07, 6.45) is 0.502. The minimum Gasteiger partial charge on any atom is -0.444 e. The number of nitrogens with two attached hydrogens (primary N) is 1. The van der Waals surface area contributed by atoms with Gasteiger partial charge in [0.1, 0.15) is 23.1 Å².